The zero-order valence-electron chi connectivity index (χ0n) is 15.6. The molecule has 5 rings (SSSR count). The van der Waals surface area contributed by atoms with Crippen LogP contribution in [0.15, 0.2) is 24.4 Å². The van der Waals surface area contributed by atoms with Crippen LogP contribution in [0.25, 0.3) is 0 Å². The molecule has 0 saturated carbocycles. The molecule has 1 saturated heterocycles. The minimum absolute atomic E-state index is 0.0676. The van der Waals surface area contributed by atoms with Gasteiger partial charge in [0.1, 0.15) is 6.10 Å². The van der Waals surface area contributed by atoms with Crippen molar-refractivity contribution >= 4 is 23.6 Å². The van der Waals surface area contributed by atoms with E-state index in [9.17, 15) is 9.59 Å². The predicted molar refractivity (Wildman–Crippen MR) is 102 cm³/mol. The van der Waals surface area contributed by atoms with Gasteiger partial charge in [-0.15, -0.1) is 0 Å². The maximum Gasteiger partial charge on any atom is 0.415 e. The largest absolute Gasteiger partial charge is 0.465 e. The number of anilines is 2. The number of benzene rings is 1. The van der Waals surface area contributed by atoms with Crippen LogP contribution < -0.4 is 15.1 Å². The van der Waals surface area contributed by atoms with Gasteiger partial charge < -0.3 is 25.2 Å². The first-order valence-electron chi connectivity index (χ1n) is 9.54. The Morgan fingerprint density at radius 1 is 1.31 bits per heavy atom. The van der Waals surface area contributed by atoms with Crippen molar-refractivity contribution in [1.29, 1.82) is 0 Å². The lowest BCUT2D eigenvalue weighted by molar-refractivity contribution is 0.127. The minimum atomic E-state index is -1.13. The van der Waals surface area contributed by atoms with Gasteiger partial charge in [-0.3, -0.25) is 9.58 Å². The molecule has 2 aromatic rings. The summed E-state index contributed by atoms with van der Waals surface area (Å²) >= 11 is 0. The van der Waals surface area contributed by atoms with E-state index in [1.807, 2.05) is 18.3 Å². The van der Waals surface area contributed by atoms with Crippen LogP contribution in [0.3, 0.4) is 0 Å². The summed E-state index contributed by atoms with van der Waals surface area (Å²) in [5.41, 5.74) is 5.11. The summed E-state index contributed by atoms with van der Waals surface area (Å²) in [6, 6.07) is 5.82. The van der Waals surface area contributed by atoms with Crippen molar-refractivity contribution in [1.82, 2.24) is 15.1 Å². The first-order chi connectivity index (χ1) is 14.0. The Bertz CT molecular complexity index is 966. The van der Waals surface area contributed by atoms with Gasteiger partial charge in [0, 0.05) is 24.0 Å². The lowest BCUT2D eigenvalue weighted by Crippen LogP contribution is -2.40. The highest BCUT2D eigenvalue weighted by Gasteiger charge is 2.47. The SMILES string of the molecule is O=C(O)NCC1OC(=O)N2c3ccc(N4Cc5cn(CCO)nc5C4)cc3C[C@@H]12. The fraction of sp³-hybridized carbons (Fsp3) is 0.421. The molecule has 10 heteroatoms. The number of aromatic nitrogens is 2. The molecule has 29 heavy (non-hydrogen) atoms. The third kappa shape index (κ3) is 2.96. The van der Waals surface area contributed by atoms with Gasteiger partial charge in [-0.1, -0.05) is 0 Å². The summed E-state index contributed by atoms with van der Waals surface area (Å²) in [5.74, 6) is 0. The van der Waals surface area contributed by atoms with E-state index in [0.717, 1.165) is 34.7 Å². The van der Waals surface area contributed by atoms with Gasteiger partial charge in [0.05, 0.1) is 43.7 Å². The Balaban J connectivity index is 1.33. The quantitative estimate of drug-likeness (QED) is 0.684. The van der Waals surface area contributed by atoms with Gasteiger partial charge in [0.2, 0.25) is 0 Å². The summed E-state index contributed by atoms with van der Waals surface area (Å²) in [6.45, 7) is 2.09. The van der Waals surface area contributed by atoms with Crippen molar-refractivity contribution in [3.8, 4) is 0 Å². The van der Waals surface area contributed by atoms with Gasteiger partial charge in [-0.25, -0.2) is 9.59 Å². The number of nitrogens with one attached hydrogen (secondary N) is 1. The van der Waals surface area contributed by atoms with E-state index < -0.39 is 18.3 Å². The predicted octanol–water partition coefficient (Wildman–Crippen LogP) is 0.913. The topological polar surface area (TPSA) is 120 Å². The zero-order valence-corrected chi connectivity index (χ0v) is 15.6. The van der Waals surface area contributed by atoms with Crippen LogP contribution in [0.1, 0.15) is 16.8 Å². The first kappa shape index (κ1) is 17.8. The van der Waals surface area contributed by atoms with E-state index in [1.54, 1.807) is 9.58 Å². The standard InChI is InChI=1S/C19H21N5O5/c25-4-3-23-9-12-8-22(10-14(12)21-23)13-1-2-15-11(5-13)6-16-17(7-20-18(26)27)29-19(28)24(15)16/h1-2,5,9,16-17,20,25H,3-4,6-8,10H2,(H,26,27)/t16-,17?/m0/s1. The molecule has 10 nitrogen and oxygen atoms in total. The number of carbonyl (C=O) groups excluding carboxylic acids is 1. The molecule has 0 aliphatic carbocycles. The van der Waals surface area contributed by atoms with Gasteiger partial charge in [0.25, 0.3) is 0 Å². The molecular formula is C19H21N5O5. The molecule has 1 aromatic carbocycles. The fourth-order valence-corrected chi connectivity index (χ4v) is 4.43. The maximum absolute atomic E-state index is 12.3. The number of amides is 2. The molecule has 1 fully saturated rings. The molecule has 3 N–H and O–H groups in total. The molecular weight excluding hydrogens is 378 g/mol. The summed E-state index contributed by atoms with van der Waals surface area (Å²) in [7, 11) is 0. The van der Waals surface area contributed by atoms with Crippen molar-refractivity contribution in [2.75, 3.05) is 23.0 Å². The number of carbonyl (C=O) groups is 2. The Morgan fingerprint density at radius 3 is 2.93 bits per heavy atom. The number of aliphatic hydroxyl groups is 1. The Kier molecular flexibility index (Phi) is 4.09. The highest BCUT2D eigenvalue weighted by atomic mass is 16.6. The van der Waals surface area contributed by atoms with Crippen molar-refractivity contribution in [2.45, 2.75) is 38.2 Å². The number of cyclic esters (lactones) is 1. The van der Waals surface area contributed by atoms with Crippen LogP contribution in [0.5, 0.6) is 0 Å². The van der Waals surface area contributed by atoms with Crippen LogP contribution in [-0.2, 0) is 30.8 Å². The van der Waals surface area contributed by atoms with Crippen LogP contribution in [0.2, 0.25) is 0 Å². The minimum Gasteiger partial charge on any atom is -0.465 e. The molecule has 0 radical (unpaired) electrons. The van der Waals surface area contributed by atoms with Crippen LogP contribution in [0.4, 0.5) is 21.0 Å². The van der Waals surface area contributed by atoms with E-state index in [2.05, 4.69) is 21.4 Å². The Hall–Kier alpha value is -3.27. The van der Waals surface area contributed by atoms with Gasteiger partial charge in [-0.2, -0.15) is 5.10 Å². The third-order valence-corrected chi connectivity index (χ3v) is 5.74. The molecule has 4 heterocycles. The molecule has 3 aliphatic rings. The number of carboxylic acid groups (broad SMARTS) is 1. The molecule has 0 spiro atoms. The average Bonchev–Trinajstić information content (AvgIpc) is 3.39. The molecule has 152 valence electrons. The summed E-state index contributed by atoms with van der Waals surface area (Å²) in [6.07, 6.45) is 0.537. The highest BCUT2D eigenvalue weighted by molar-refractivity contribution is 5.94. The number of hydrogen-bond acceptors (Lipinski definition) is 6. The Labute approximate surface area is 166 Å². The number of aliphatic hydroxyl groups excluding tert-OH is 1. The molecule has 2 atom stereocenters. The van der Waals surface area contributed by atoms with E-state index in [-0.39, 0.29) is 19.2 Å². The highest BCUT2D eigenvalue weighted by Crippen LogP contribution is 2.41. The van der Waals surface area contributed by atoms with E-state index in [0.29, 0.717) is 19.5 Å². The van der Waals surface area contributed by atoms with Crippen LogP contribution in [-0.4, -0.2) is 57.5 Å². The summed E-state index contributed by atoms with van der Waals surface area (Å²) in [4.78, 5) is 26.9. The van der Waals surface area contributed by atoms with Crippen molar-refractivity contribution < 1.29 is 24.5 Å². The van der Waals surface area contributed by atoms with Gasteiger partial charge >= 0.3 is 12.2 Å². The van der Waals surface area contributed by atoms with Crippen LogP contribution >= 0.6 is 0 Å². The number of fused-ring (bicyclic) bond motifs is 4. The maximum atomic E-state index is 12.3. The van der Waals surface area contributed by atoms with E-state index >= 15 is 0 Å². The van der Waals surface area contributed by atoms with E-state index in [1.165, 1.54) is 0 Å². The third-order valence-electron chi connectivity index (χ3n) is 5.74. The monoisotopic (exact) mass is 399 g/mol. The smallest absolute Gasteiger partial charge is 0.415 e. The normalized spacial score (nSPS) is 21.8. The van der Waals surface area contributed by atoms with Gasteiger partial charge in [-0.05, 0) is 30.2 Å². The fourth-order valence-electron chi connectivity index (χ4n) is 4.43. The van der Waals surface area contributed by atoms with Crippen molar-refractivity contribution in [3.63, 3.8) is 0 Å². The van der Waals surface area contributed by atoms with Gasteiger partial charge in [0.15, 0.2) is 0 Å². The van der Waals surface area contributed by atoms with E-state index in [4.69, 9.17) is 14.9 Å². The lowest BCUT2D eigenvalue weighted by Gasteiger charge is -2.19. The van der Waals surface area contributed by atoms with Crippen molar-refractivity contribution in [3.05, 3.63) is 41.2 Å². The van der Waals surface area contributed by atoms with Crippen molar-refractivity contribution in [2.24, 2.45) is 0 Å². The second-order valence-electron chi connectivity index (χ2n) is 7.51. The average molecular weight is 399 g/mol. The number of hydrogen-bond donors (Lipinski definition) is 3. The molecule has 0 bridgehead atoms. The van der Waals surface area contributed by atoms with Crippen LogP contribution in [0, 0.1) is 0 Å². The number of ether oxygens (including phenoxy) is 1. The zero-order chi connectivity index (χ0) is 20.1. The Morgan fingerprint density at radius 2 is 2.17 bits per heavy atom. The number of nitrogens with zero attached hydrogens (tertiary/aromatic N) is 4. The molecule has 3 aliphatic heterocycles. The lowest BCUT2D eigenvalue weighted by atomic mass is 10.0. The number of rotatable bonds is 5. The summed E-state index contributed by atoms with van der Waals surface area (Å²) < 4.78 is 7.12. The second-order valence-corrected chi connectivity index (χ2v) is 7.51. The summed E-state index contributed by atoms with van der Waals surface area (Å²) in [5, 5.41) is 24.7. The second kappa shape index (κ2) is 6.66. The molecule has 2 amide bonds. The molecule has 1 aromatic heterocycles. The first-order valence-corrected chi connectivity index (χ1v) is 9.54. The molecule has 1 unspecified atom stereocenters.